The summed E-state index contributed by atoms with van der Waals surface area (Å²) in [6.45, 7) is 1.40. The number of fused-ring (bicyclic) bond motifs is 1. The van der Waals surface area contributed by atoms with Crippen molar-refractivity contribution in [3.63, 3.8) is 0 Å². The molecule has 1 aliphatic carbocycles. The van der Waals surface area contributed by atoms with E-state index in [1.165, 1.54) is 11.1 Å². The molecule has 1 aromatic carbocycles. The van der Waals surface area contributed by atoms with Crippen molar-refractivity contribution in [3.8, 4) is 0 Å². The summed E-state index contributed by atoms with van der Waals surface area (Å²) < 4.78 is 7.20. The SMILES string of the molecule is Cn1cc(C(=O)N[C@H]2CCCc3ccccc32)c([C@H]2CCOC2)n1. The summed E-state index contributed by atoms with van der Waals surface area (Å²) in [7, 11) is 1.87. The number of carbonyl (C=O) groups is 1. The van der Waals surface area contributed by atoms with Crippen LogP contribution in [0.15, 0.2) is 30.5 Å². The molecule has 0 unspecified atom stereocenters. The van der Waals surface area contributed by atoms with Gasteiger partial charge in [0.25, 0.3) is 5.91 Å². The van der Waals surface area contributed by atoms with Gasteiger partial charge in [0.2, 0.25) is 0 Å². The van der Waals surface area contributed by atoms with E-state index in [4.69, 9.17) is 4.74 Å². The number of aryl methyl sites for hydroxylation is 2. The molecule has 2 aromatic rings. The number of aromatic nitrogens is 2. The van der Waals surface area contributed by atoms with Crippen molar-refractivity contribution in [1.29, 1.82) is 0 Å². The molecule has 0 bridgehead atoms. The highest BCUT2D eigenvalue weighted by atomic mass is 16.5. The van der Waals surface area contributed by atoms with Crippen LogP contribution in [0, 0.1) is 0 Å². The molecule has 0 radical (unpaired) electrons. The number of hydrogen-bond acceptors (Lipinski definition) is 3. The quantitative estimate of drug-likeness (QED) is 0.944. The number of benzene rings is 1. The average molecular weight is 325 g/mol. The van der Waals surface area contributed by atoms with Gasteiger partial charge in [0.1, 0.15) is 0 Å². The molecular formula is C19H23N3O2. The molecule has 2 heterocycles. The summed E-state index contributed by atoms with van der Waals surface area (Å²) in [4.78, 5) is 12.9. The van der Waals surface area contributed by atoms with Crippen LogP contribution in [-0.2, 0) is 18.2 Å². The van der Waals surface area contributed by atoms with Crippen molar-refractivity contribution in [2.24, 2.45) is 7.05 Å². The first kappa shape index (κ1) is 15.4. The number of nitrogens with one attached hydrogen (secondary N) is 1. The summed E-state index contributed by atoms with van der Waals surface area (Å²) in [5.41, 5.74) is 4.17. The Labute approximate surface area is 142 Å². The fourth-order valence-corrected chi connectivity index (χ4v) is 3.87. The van der Waals surface area contributed by atoms with Gasteiger partial charge in [0.15, 0.2) is 0 Å². The minimum Gasteiger partial charge on any atom is -0.381 e. The number of ether oxygens (including phenoxy) is 1. The van der Waals surface area contributed by atoms with E-state index >= 15 is 0 Å². The fraction of sp³-hybridized carbons (Fsp3) is 0.474. The molecule has 5 nitrogen and oxygen atoms in total. The lowest BCUT2D eigenvalue weighted by atomic mass is 9.87. The van der Waals surface area contributed by atoms with Gasteiger partial charge in [-0.15, -0.1) is 0 Å². The third kappa shape index (κ3) is 2.84. The van der Waals surface area contributed by atoms with Crippen molar-refractivity contribution < 1.29 is 9.53 Å². The highest BCUT2D eigenvalue weighted by Gasteiger charge is 2.28. The topological polar surface area (TPSA) is 56.2 Å². The maximum absolute atomic E-state index is 12.9. The van der Waals surface area contributed by atoms with Gasteiger partial charge in [0, 0.05) is 25.8 Å². The van der Waals surface area contributed by atoms with Crippen molar-refractivity contribution in [3.05, 3.63) is 52.8 Å². The van der Waals surface area contributed by atoms with Crippen LogP contribution in [0.5, 0.6) is 0 Å². The van der Waals surface area contributed by atoms with Crippen LogP contribution < -0.4 is 5.32 Å². The Kier molecular flexibility index (Phi) is 4.10. The second kappa shape index (κ2) is 6.40. The summed E-state index contributed by atoms with van der Waals surface area (Å²) in [6, 6.07) is 8.51. The van der Waals surface area contributed by atoms with Gasteiger partial charge in [-0.1, -0.05) is 24.3 Å². The number of rotatable bonds is 3. The Balaban J connectivity index is 1.57. The van der Waals surface area contributed by atoms with Crippen LogP contribution in [0.1, 0.15) is 58.4 Å². The second-order valence-electron chi connectivity index (χ2n) is 6.78. The molecule has 0 saturated carbocycles. The predicted octanol–water partition coefficient (Wildman–Crippen LogP) is 2.73. The smallest absolute Gasteiger partial charge is 0.255 e. The standard InChI is InChI=1S/C19H23N3O2/c1-22-11-16(18(21-22)14-9-10-24-12-14)19(23)20-17-8-4-6-13-5-2-3-7-15(13)17/h2-3,5,7,11,14,17H,4,6,8-10,12H2,1H3,(H,20,23)/t14-,17-/m0/s1. The number of hydrogen-bond donors (Lipinski definition) is 1. The summed E-state index contributed by atoms with van der Waals surface area (Å²) >= 11 is 0. The van der Waals surface area contributed by atoms with Crippen molar-refractivity contribution >= 4 is 5.91 Å². The molecule has 4 rings (SSSR count). The van der Waals surface area contributed by atoms with E-state index in [0.29, 0.717) is 12.2 Å². The lowest BCUT2D eigenvalue weighted by Crippen LogP contribution is -2.31. The van der Waals surface area contributed by atoms with Gasteiger partial charge < -0.3 is 10.1 Å². The minimum atomic E-state index is -0.0216. The molecule has 1 N–H and O–H groups in total. The lowest BCUT2D eigenvalue weighted by molar-refractivity contribution is 0.0931. The van der Waals surface area contributed by atoms with E-state index in [9.17, 15) is 4.79 Å². The first-order valence-electron chi connectivity index (χ1n) is 8.72. The van der Waals surface area contributed by atoms with Crippen LogP contribution in [-0.4, -0.2) is 28.9 Å². The summed E-state index contributed by atoms with van der Waals surface area (Å²) in [5.74, 6) is 0.206. The molecule has 1 amide bonds. The summed E-state index contributed by atoms with van der Waals surface area (Å²) in [6.07, 6.45) is 5.96. The van der Waals surface area contributed by atoms with Crippen LogP contribution >= 0.6 is 0 Å². The zero-order chi connectivity index (χ0) is 16.5. The molecule has 2 atom stereocenters. The predicted molar refractivity (Wildman–Crippen MR) is 91.0 cm³/mol. The van der Waals surface area contributed by atoms with Crippen molar-refractivity contribution in [2.75, 3.05) is 13.2 Å². The van der Waals surface area contributed by atoms with E-state index in [1.807, 2.05) is 13.2 Å². The normalized spacial score (nSPS) is 23.0. The molecule has 1 saturated heterocycles. The first-order chi connectivity index (χ1) is 11.7. The average Bonchev–Trinajstić information content (AvgIpc) is 3.24. The van der Waals surface area contributed by atoms with Crippen LogP contribution in [0.4, 0.5) is 0 Å². The largest absolute Gasteiger partial charge is 0.381 e. The van der Waals surface area contributed by atoms with Crippen LogP contribution in [0.25, 0.3) is 0 Å². The molecular weight excluding hydrogens is 302 g/mol. The van der Waals surface area contributed by atoms with E-state index in [0.717, 1.165) is 38.0 Å². The molecule has 2 aliphatic rings. The zero-order valence-electron chi connectivity index (χ0n) is 14.0. The fourth-order valence-electron chi connectivity index (χ4n) is 3.87. The summed E-state index contributed by atoms with van der Waals surface area (Å²) in [5, 5.41) is 7.76. The molecule has 1 aliphatic heterocycles. The van der Waals surface area contributed by atoms with Crippen molar-refractivity contribution in [2.45, 2.75) is 37.6 Å². The Morgan fingerprint density at radius 1 is 1.33 bits per heavy atom. The molecule has 126 valence electrons. The highest BCUT2D eigenvalue weighted by Crippen LogP contribution is 2.31. The van der Waals surface area contributed by atoms with Gasteiger partial charge in [-0.25, -0.2) is 0 Å². The van der Waals surface area contributed by atoms with Gasteiger partial charge >= 0.3 is 0 Å². The van der Waals surface area contributed by atoms with Crippen LogP contribution in [0.2, 0.25) is 0 Å². The van der Waals surface area contributed by atoms with Gasteiger partial charge in [-0.05, 0) is 36.8 Å². The third-order valence-corrected chi connectivity index (χ3v) is 5.09. The van der Waals surface area contributed by atoms with Gasteiger partial charge in [0.05, 0.1) is 23.9 Å². The Hall–Kier alpha value is -2.14. The monoisotopic (exact) mass is 325 g/mol. The molecule has 0 spiro atoms. The van der Waals surface area contributed by atoms with Gasteiger partial charge in [-0.3, -0.25) is 9.48 Å². The zero-order valence-corrected chi connectivity index (χ0v) is 14.0. The first-order valence-corrected chi connectivity index (χ1v) is 8.72. The highest BCUT2D eigenvalue weighted by molar-refractivity contribution is 5.95. The maximum Gasteiger partial charge on any atom is 0.255 e. The number of nitrogens with zero attached hydrogens (tertiary/aromatic N) is 2. The van der Waals surface area contributed by atoms with Gasteiger partial charge in [-0.2, -0.15) is 5.10 Å². The molecule has 5 heteroatoms. The van der Waals surface area contributed by atoms with Crippen molar-refractivity contribution in [1.82, 2.24) is 15.1 Å². The third-order valence-electron chi connectivity index (χ3n) is 5.09. The van der Waals surface area contributed by atoms with E-state index in [1.54, 1.807) is 4.68 Å². The lowest BCUT2D eigenvalue weighted by Gasteiger charge is -2.26. The molecule has 1 aromatic heterocycles. The van der Waals surface area contributed by atoms with Crippen LogP contribution in [0.3, 0.4) is 0 Å². The number of carbonyl (C=O) groups excluding carboxylic acids is 1. The maximum atomic E-state index is 12.9. The number of amides is 1. The molecule has 1 fully saturated rings. The Morgan fingerprint density at radius 2 is 2.21 bits per heavy atom. The molecule has 24 heavy (non-hydrogen) atoms. The second-order valence-corrected chi connectivity index (χ2v) is 6.78. The Bertz CT molecular complexity index is 747. The van der Waals surface area contributed by atoms with E-state index in [-0.39, 0.29) is 17.9 Å². The van der Waals surface area contributed by atoms with E-state index < -0.39 is 0 Å². The minimum absolute atomic E-state index is 0.0216. The Morgan fingerprint density at radius 3 is 3.04 bits per heavy atom. The van der Waals surface area contributed by atoms with E-state index in [2.05, 4.69) is 34.7 Å².